The van der Waals surface area contributed by atoms with E-state index in [1.54, 1.807) is 0 Å². The number of carbonyl (C=O) groups is 2. The number of thiophene rings is 1. The fourth-order valence-electron chi connectivity index (χ4n) is 2.49. The van der Waals surface area contributed by atoms with Crippen molar-refractivity contribution in [1.82, 2.24) is 9.59 Å². The van der Waals surface area contributed by atoms with Gasteiger partial charge in [-0.05, 0) is 42.8 Å². The molecule has 3 rings (SSSR count). The van der Waals surface area contributed by atoms with Crippen LogP contribution in [-0.4, -0.2) is 26.6 Å². The third kappa shape index (κ3) is 2.44. The first kappa shape index (κ1) is 14.2. The van der Waals surface area contributed by atoms with Gasteiger partial charge in [-0.25, -0.2) is 4.79 Å². The van der Waals surface area contributed by atoms with E-state index in [0.717, 1.165) is 41.2 Å². The highest BCUT2D eigenvalue weighted by molar-refractivity contribution is 7.17. The van der Waals surface area contributed by atoms with Crippen molar-refractivity contribution in [1.29, 1.82) is 0 Å². The number of nitrogens with zero attached hydrogens (tertiary/aromatic N) is 2. The number of nitrogens with one attached hydrogen (secondary N) is 1. The van der Waals surface area contributed by atoms with E-state index < -0.39 is 5.97 Å². The highest BCUT2D eigenvalue weighted by atomic mass is 32.1. The molecule has 0 spiro atoms. The van der Waals surface area contributed by atoms with Crippen LogP contribution in [0.15, 0.2) is 0 Å². The predicted molar refractivity (Wildman–Crippen MR) is 80.5 cm³/mol. The Kier molecular flexibility index (Phi) is 3.73. The third-order valence-corrected chi connectivity index (χ3v) is 5.43. The molecule has 0 fully saturated rings. The summed E-state index contributed by atoms with van der Waals surface area (Å²) >= 11 is 2.40. The average Bonchev–Trinajstić information content (AvgIpc) is 3.11. The van der Waals surface area contributed by atoms with E-state index in [1.807, 2.05) is 6.92 Å². The predicted octanol–water partition coefficient (Wildman–Crippen LogP) is 2.60. The second-order valence-electron chi connectivity index (χ2n) is 4.72. The lowest BCUT2D eigenvalue weighted by Gasteiger charge is -2.04. The number of amides is 1. The summed E-state index contributed by atoms with van der Waals surface area (Å²) in [4.78, 5) is 25.3. The molecule has 21 heavy (non-hydrogen) atoms. The Bertz CT molecular complexity index is 720. The van der Waals surface area contributed by atoms with Crippen molar-refractivity contribution < 1.29 is 14.7 Å². The number of aryl methyl sites for hydroxylation is 2. The molecule has 2 N–H and O–H groups in total. The van der Waals surface area contributed by atoms with Crippen LogP contribution in [0, 0.1) is 0 Å². The lowest BCUT2D eigenvalue weighted by molar-refractivity contribution is 0.0697. The lowest BCUT2D eigenvalue weighted by Crippen LogP contribution is -2.14. The first-order valence-electron chi connectivity index (χ1n) is 6.62. The zero-order valence-electron chi connectivity index (χ0n) is 11.3. The lowest BCUT2D eigenvalue weighted by atomic mass is 10.1. The summed E-state index contributed by atoms with van der Waals surface area (Å²) in [6, 6.07) is 0. The Labute approximate surface area is 129 Å². The van der Waals surface area contributed by atoms with E-state index in [0.29, 0.717) is 22.0 Å². The monoisotopic (exact) mass is 323 g/mol. The molecule has 8 heteroatoms. The van der Waals surface area contributed by atoms with Crippen LogP contribution in [0.3, 0.4) is 0 Å². The van der Waals surface area contributed by atoms with Gasteiger partial charge in [0.25, 0.3) is 5.91 Å². The van der Waals surface area contributed by atoms with Gasteiger partial charge in [-0.1, -0.05) is 11.4 Å². The number of carboxylic acids is 1. The Morgan fingerprint density at radius 1 is 1.38 bits per heavy atom. The molecule has 6 nitrogen and oxygen atoms in total. The molecule has 1 aliphatic rings. The Balaban J connectivity index is 1.92. The van der Waals surface area contributed by atoms with Gasteiger partial charge in [0, 0.05) is 4.88 Å². The molecule has 1 aliphatic carbocycles. The van der Waals surface area contributed by atoms with Gasteiger partial charge in [0.1, 0.15) is 9.88 Å². The van der Waals surface area contributed by atoms with Crippen LogP contribution < -0.4 is 5.32 Å². The SMILES string of the molecule is CCc1nnsc1C(=O)Nc1sc2c(c1C(=O)O)CCC2. The van der Waals surface area contributed by atoms with Gasteiger partial charge in [0.15, 0.2) is 0 Å². The number of carbonyl (C=O) groups excluding carboxylic acids is 1. The van der Waals surface area contributed by atoms with Crippen molar-refractivity contribution in [3.05, 3.63) is 26.6 Å². The molecular formula is C13H13N3O3S2. The van der Waals surface area contributed by atoms with Crippen LogP contribution in [0.4, 0.5) is 5.00 Å². The summed E-state index contributed by atoms with van der Waals surface area (Å²) in [6.07, 6.45) is 3.25. The number of rotatable bonds is 4. The van der Waals surface area contributed by atoms with Gasteiger partial charge in [-0.2, -0.15) is 0 Å². The Morgan fingerprint density at radius 3 is 2.90 bits per heavy atom. The first-order valence-corrected chi connectivity index (χ1v) is 8.21. The molecule has 0 atom stereocenters. The number of anilines is 1. The molecule has 0 saturated heterocycles. The standard InChI is InChI=1S/C13H13N3O3S2/c1-2-7-10(21-16-15-7)11(17)14-12-9(13(18)19)6-4-3-5-8(6)20-12/h2-5H2,1H3,(H,14,17)(H,18,19). The van der Waals surface area contributed by atoms with Gasteiger partial charge in [-0.15, -0.1) is 16.4 Å². The number of hydrogen-bond donors (Lipinski definition) is 2. The summed E-state index contributed by atoms with van der Waals surface area (Å²) < 4.78 is 3.78. The zero-order chi connectivity index (χ0) is 15.0. The maximum absolute atomic E-state index is 12.3. The van der Waals surface area contributed by atoms with Crippen LogP contribution in [0.5, 0.6) is 0 Å². The van der Waals surface area contributed by atoms with Crippen molar-refractivity contribution in [3.8, 4) is 0 Å². The number of aromatic nitrogens is 2. The zero-order valence-corrected chi connectivity index (χ0v) is 12.9. The molecule has 0 bridgehead atoms. The van der Waals surface area contributed by atoms with Gasteiger partial charge in [0.05, 0.1) is 11.3 Å². The average molecular weight is 323 g/mol. The van der Waals surface area contributed by atoms with Crippen molar-refractivity contribution in [2.75, 3.05) is 5.32 Å². The number of aromatic carboxylic acids is 1. The summed E-state index contributed by atoms with van der Waals surface area (Å²) in [5, 5.41) is 16.4. The summed E-state index contributed by atoms with van der Waals surface area (Å²) in [5.41, 5.74) is 1.76. The smallest absolute Gasteiger partial charge is 0.339 e. The summed E-state index contributed by atoms with van der Waals surface area (Å²) in [5.74, 6) is -1.31. The van der Waals surface area contributed by atoms with E-state index in [4.69, 9.17) is 0 Å². The molecule has 110 valence electrons. The van der Waals surface area contributed by atoms with E-state index in [2.05, 4.69) is 14.9 Å². The van der Waals surface area contributed by atoms with Crippen LogP contribution in [0.2, 0.25) is 0 Å². The van der Waals surface area contributed by atoms with Gasteiger partial charge in [-0.3, -0.25) is 4.79 Å². The molecule has 1 amide bonds. The maximum atomic E-state index is 12.3. The van der Waals surface area contributed by atoms with Crippen LogP contribution in [0.1, 0.15) is 49.5 Å². The highest BCUT2D eigenvalue weighted by Gasteiger charge is 2.28. The second-order valence-corrected chi connectivity index (χ2v) is 6.58. The summed E-state index contributed by atoms with van der Waals surface area (Å²) in [6.45, 7) is 1.90. The van der Waals surface area contributed by atoms with Crippen LogP contribution >= 0.6 is 22.9 Å². The van der Waals surface area contributed by atoms with Gasteiger partial charge in [0.2, 0.25) is 0 Å². The molecule has 0 aromatic carbocycles. The van der Waals surface area contributed by atoms with Gasteiger partial charge >= 0.3 is 5.97 Å². The van der Waals surface area contributed by atoms with Crippen molar-refractivity contribution in [2.24, 2.45) is 0 Å². The van der Waals surface area contributed by atoms with Crippen LogP contribution in [0.25, 0.3) is 0 Å². The molecule has 0 aliphatic heterocycles. The largest absolute Gasteiger partial charge is 0.478 e. The van der Waals surface area contributed by atoms with E-state index in [1.165, 1.54) is 11.3 Å². The molecule has 0 radical (unpaired) electrons. The highest BCUT2D eigenvalue weighted by Crippen LogP contribution is 2.39. The second kappa shape index (κ2) is 5.53. The van der Waals surface area contributed by atoms with E-state index in [9.17, 15) is 14.7 Å². The maximum Gasteiger partial charge on any atom is 0.339 e. The fourth-order valence-corrected chi connectivity index (χ4v) is 4.41. The quantitative estimate of drug-likeness (QED) is 0.902. The van der Waals surface area contributed by atoms with Crippen molar-refractivity contribution >= 4 is 39.7 Å². The first-order chi connectivity index (χ1) is 10.1. The molecule has 2 aromatic rings. The Morgan fingerprint density at radius 2 is 2.19 bits per heavy atom. The molecule has 2 heterocycles. The Hall–Kier alpha value is -1.80. The minimum atomic E-state index is -0.983. The van der Waals surface area contributed by atoms with Crippen molar-refractivity contribution in [3.63, 3.8) is 0 Å². The van der Waals surface area contributed by atoms with Crippen LogP contribution in [-0.2, 0) is 19.3 Å². The minimum Gasteiger partial charge on any atom is -0.478 e. The molecular weight excluding hydrogens is 310 g/mol. The number of fused-ring (bicyclic) bond motifs is 1. The molecule has 0 unspecified atom stereocenters. The van der Waals surface area contributed by atoms with Crippen molar-refractivity contribution in [2.45, 2.75) is 32.6 Å². The minimum absolute atomic E-state index is 0.247. The summed E-state index contributed by atoms with van der Waals surface area (Å²) in [7, 11) is 0. The normalized spacial score (nSPS) is 13.2. The molecule has 0 saturated carbocycles. The van der Waals surface area contributed by atoms with E-state index in [-0.39, 0.29) is 11.5 Å². The fraction of sp³-hybridized carbons (Fsp3) is 0.385. The van der Waals surface area contributed by atoms with E-state index >= 15 is 0 Å². The topological polar surface area (TPSA) is 92.2 Å². The molecule has 2 aromatic heterocycles. The van der Waals surface area contributed by atoms with Gasteiger partial charge < -0.3 is 10.4 Å². The third-order valence-electron chi connectivity index (χ3n) is 3.46. The number of carboxylic acid groups (broad SMARTS) is 1. The number of hydrogen-bond acceptors (Lipinski definition) is 6.